The second-order valence-electron chi connectivity index (χ2n) is 8.69. The van der Waals surface area contributed by atoms with E-state index in [-0.39, 0.29) is 12.1 Å². The maximum absolute atomic E-state index is 11.4. The zero-order valence-electron chi connectivity index (χ0n) is 19.4. The van der Waals surface area contributed by atoms with Crippen LogP contribution in [0.5, 0.6) is 5.75 Å². The summed E-state index contributed by atoms with van der Waals surface area (Å²) in [6.45, 7) is 7.42. The second-order valence-corrected chi connectivity index (χ2v) is 8.69. The molecule has 0 amide bonds. The zero-order chi connectivity index (χ0) is 23.1. The van der Waals surface area contributed by atoms with Gasteiger partial charge in [-0.05, 0) is 56.5 Å². The van der Waals surface area contributed by atoms with Crippen LogP contribution in [-0.2, 0) is 4.79 Å². The normalized spacial score (nSPS) is 13.8. The third kappa shape index (κ3) is 5.88. The number of fused-ring (bicyclic) bond motifs is 1. The largest absolute Gasteiger partial charge is 0.478 e. The fourth-order valence-electron chi connectivity index (χ4n) is 3.74. The van der Waals surface area contributed by atoms with Gasteiger partial charge in [0.25, 0.3) is 0 Å². The Hall–Kier alpha value is -2.86. The van der Waals surface area contributed by atoms with Crippen LogP contribution in [0.4, 0.5) is 0 Å². The Morgan fingerprint density at radius 3 is 2.59 bits per heavy atom. The van der Waals surface area contributed by atoms with Crippen molar-refractivity contribution in [1.29, 1.82) is 0 Å². The standard InChI is InChI=1S/C26H34N2O4/c1-5-7-8-15-22(24-28-21-14-9-10-16-23(21)31-24)27-20(6-2)18-12-11-13-19(17-18)32-26(3,4)25(29)30/h9-14,16-17,20,22,27H,5-8,15H2,1-4H3,(H,29,30). The first kappa shape index (κ1) is 23.8. The number of hydrogen-bond acceptors (Lipinski definition) is 5. The lowest BCUT2D eigenvalue weighted by molar-refractivity contribution is -0.152. The number of aromatic nitrogens is 1. The molecule has 0 aliphatic heterocycles. The van der Waals surface area contributed by atoms with Crippen molar-refractivity contribution in [3.63, 3.8) is 0 Å². The molecule has 0 fully saturated rings. The van der Waals surface area contributed by atoms with Crippen molar-refractivity contribution < 1.29 is 19.1 Å². The lowest BCUT2D eigenvalue weighted by Gasteiger charge is -2.25. The topological polar surface area (TPSA) is 84.6 Å². The molecule has 32 heavy (non-hydrogen) atoms. The highest BCUT2D eigenvalue weighted by Gasteiger charge is 2.30. The van der Waals surface area contributed by atoms with Crippen LogP contribution in [0.2, 0.25) is 0 Å². The van der Waals surface area contributed by atoms with Crippen molar-refractivity contribution in [3.05, 3.63) is 60.0 Å². The summed E-state index contributed by atoms with van der Waals surface area (Å²) in [4.78, 5) is 16.2. The molecule has 6 nitrogen and oxygen atoms in total. The maximum atomic E-state index is 11.4. The Bertz CT molecular complexity index is 994. The van der Waals surface area contributed by atoms with Gasteiger partial charge in [0.2, 0.25) is 5.89 Å². The SMILES string of the molecule is CCCCCC(NC(CC)c1cccc(OC(C)(C)C(=O)O)c1)c1nc2ccccc2o1. The van der Waals surface area contributed by atoms with Crippen molar-refractivity contribution in [2.24, 2.45) is 0 Å². The third-order valence-electron chi connectivity index (χ3n) is 5.66. The average Bonchev–Trinajstić information content (AvgIpc) is 3.20. The first-order valence-electron chi connectivity index (χ1n) is 11.5. The molecule has 0 bridgehead atoms. The summed E-state index contributed by atoms with van der Waals surface area (Å²) in [5, 5.41) is 13.1. The second kappa shape index (κ2) is 10.6. The number of carbonyl (C=O) groups is 1. The molecular weight excluding hydrogens is 404 g/mol. The van der Waals surface area contributed by atoms with E-state index in [9.17, 15) is 9.90 Å². The molecule has 2 unspecified atom stereocenters. The van der Waals surface area contributed by atoms with Crippen molar-refractivity contribution in [2.45, 2.75) is 77.5 Å². The molecule has 0 spiro atoms. The molecule has 1 heterocycles. The molecule has 2 atom stereocenters. The molecule has 2 aromatic carbocycles. The van der Waals surface area contributed by atoms with E-state index in [0.717, 1.165) is 48.8 Å². The van der Waals surface area contributed by atoms with E-state index < -0.39 is 11.6 Å². The number of oxazole rings is 1. The van der Waals surface area contributed by atoms with Crippen molar-refractivity contribution in [3.8, 4) is 5.75 Å². The number of benzene rings is 2. The van der Waals surface area contributed by atoms with Gasteiger partial charge in [0, 0.05) is 6.04 Å². The highest BCUT2D eigenvalue weighted by Crippen LogP contribution is 2.30. The molecule has 172 valence electrons. The minimum absolute atomic E-state index is 0.0149. The predicted molar refractivity (Wildman–Crippen MR) is 126 cm³/mol. The fourth-order valence-corrected chi connectivity index (χ4v) is 3.74. The fraction of sp³-hybridized carbons (Fsp3) is 0.462. The van der Waals surface area contributed by atoms with Gasteiger partial charge < -0.3 is 14.3 Å². The molecule has 3 aromatic rings. The third-order valence-corrected chi connectivity index (χ3v) is 5.66. The van der Waals surface area contributed by atoms with Crippen LogP contribution in [-0.4, -0.2) is 21.7 Å². The number of carboxylic acids is 1. The summed E-state index contributed by atoms with van der Waals surface area (Å²) < 4.78 is 11.8. The Labute approximate surface area is 190 Å². The number of nitrogens with zero attached hydrogens (tertiary/aromatic N) is 1. The minimum atomic E-state index is -1.30. The van der Waals surface area contributed by atoms with Crippen molar-refractivity contribution >= 4 is 17.1 Å². The number of nitrogens with one attached hydrogen (secondary N) is 1. The Morgan fingerprint density at radius 2 is 1.91 bits per heavy atom. The van der Waals surface area contributed by atoms with Crippen molar-refractivity contribution in [1.82, 2.24) is 10.3 Å². The highest BCUT2D eigenvalue weighted by atomic mass is 16.5. The average molecular weight is 439 g/mol. The predicted octanol–water partition coefficient (Wildman–Crippen LogP) is 6.43. The lowest BCUT2D eigenvalue weighted by Crippen LogP contribution is -2.37. The van der Waals surface area contributed by atoms with E-state index in [2.05, 4.69) is 19.2 Å². The summed E-state index contributed by atoms with van der Waals surface area (Å²) in [5.41, 5.74) is 1.41. The van der Waals surface area contributed by atoms with Crippen LogP contribution < -0.4 is 10.1 Å². The summed E-state index contributed by atoms with van der Waals surface area (Å²) in [6.07, 6.45) is 5.17. The molecule has 1 aromatic heterocycles. The van der Waals surface area contributed by atoms with Gasteiger partial charge in [0.05, 0.1) is 6.04 Å². The minimum Gasteiger partial charge on any atom is -0.478 e. The summed E-state index contributed by atoms with van der Waals surface area (Å²) in [7, 11) is 0. The molecule has 2 N–H and O–H groups in total. The number of unbranched alkanes of at least 4 members (excludes halogenated alkanes) is 2. The summed E-state index contributed by atoms with van der Waals surface area (Å²) in [5.74, 6) is 0.250. The van der Waals surface area contributed by atoms with Crippen molar-refractivity contribution in [2.75, 3.05) is 0 Å². The molecule has 0 aliphatic carbocycles. The molecule has 0 saturated carbocycles. The first-order chi connectivity index (χ1) is 15.3. The lowest BCUT2D eigenvalue weighted by atomic mass is 10.0. The highest BCUT2D eigenvalue weighted by molar-refractivity contribution is 5.76. The number of carboxylic acid groups (broad SMARTS) is 1. The molecule has 0 radical (unpaired) electrons. The molecule has 3 rings (SSSR count). The smallest absolute Gasteiger partial charge is 0.347 e. The number of aliphatic carboxylic acids is 1. The van der Waals surface area contributed by atoms with Crippen LogP contribution in [0, 0.1) is 0 Å². The van der Waals surface area contributed by atoms with Crippen LogP contribution >= 0.6 is 0 Å². The molecular formula is C26H34N2O4. The van der Waals surface area contributed by atoms with Crippen LogP contribution in [0.25, 0.3) is 11.1 Å². The van der Waals surface area contributed by atoms with Gasteiger partial charge in [0.15, 0.2) is 11.2 Å². The van der Waals surface area contributed by atoms with Gasteiger partial charge in [-0.3, -0.25) is 5.32 Å². The van der Waals surface area contributed by atoms with Gasteiger partial charge in [-0.25, -0.2) is 9.78 Å². The van der Waals surface area contributed by atoms with Gasteiger partial charge >= 0.3 is 5.97 Å². The van der Waals surface area contributed by atoms with Crippen LogP contribution in [0.1, 0.15) is 83.3 Å². The van der Waals surface area contributed by atoms with E-state index in [1.165, 1.54) is 0 Å². The van der Waals surface area contributed by atoms with E-state index in [1.54, 1.807) is 19.9 Å². The van der Waals surface area contributed by atoms with Crippen LogP contribution in [0.15, 0.2) is 52.9 Å². The number of rotatable bonds is 12. The maximum Gasteiger partial charge on any atom is 0.347 e. The molecule has 0 aliphatic rings. The molecule has 0 saturated heterocycles. The van der Waals surface area contributed by atoms with Gasteiger partial charge in [0.1, 0.15) is 11.3 Å². The first-order valence-corrected chi connectivity index (χ1v) is 11.5. The Kier molecular flexibility index (Phi) is 7.91. The van der Waals surface area contributed by atoms with Crippen LogP contribution in [0.3, 0.4) is 0 Å². The van der Waals surface area contributed by atoms with Gasteiger partial charge in [-0.2, -0.15) is 0 Å². The number of ether oxygens (including phenoxy) is 1. The molecule has 6 heteroatoms. The van der Waals surface area contributed by atoms with E-state index in [4.69, 9.17) is 14.1 Å². The van der Waals surface area contributed by atoms with Gasteiger partial charge in [-0.1, -0.05) is 57.4 Å². The van der Waals surface area contributed by atoms with E-state index in [1.807, 2.05) is 42.5 Å². The number of para-hydroxylation sites is 2. The monoisotopic (exact) mass is 438 g/mol. The zero-order valence-corrected chi connectivity index (χ0v) is 19.4. The number of hydrogen-bond donors (Lipinski definition) is 2. The Balaban J connectivity index is 1.83. The quantitative estimate of drug-likeness (QED) is 0.317. The summed E-state index contributed by atoms with van der Waals surface area (Å²) in [6, 6.07) is 15.5. The summed E-state index contributed by atoms with van der Waals surface area (Å²) >= 11 is 0. The van der Waals surface area contributed by atoms with E-state index >= 15 is 0 Å². The Morgan fingerprint density at radius 1 is 1.12 bits per heavy atom. The van der Waals surface area contributed by atoms with Gasteiger partial charge in [-0.15, -0.1) is 0 Å². The van der Waals surface area contributed by atoms with E-state index in [0.29, 0.717) is 11.6 Å².